The molecule has 0 unspecified atom stereocenters. The molecule has 104 valence electrons. The zero-order valence-electron chi connectivity index (χ0n) is 11.5. The van der Waals surface area contributed by atoms with Crippen molar-refractivity contribution in [3.8, 4) is 0 Å². The molecule has 1 aromatic carbocycles. The molecule has 1 aromatic rings. The topological polar surface area (TPSA) is 41.1 Å². The minimum atomic E-state index is 0.145. The number of carbonyl (C=O) groups excluding carboxylic acids is 1. The van der Waals surface area contributed by atoms with E-state index in [4.69, 9.17) is 0 Å². The van der Waals surface area contributed by atoms with E-state index >= 15 is 0 Å². The second-order valence-electron chi connectivity index (χ2n) is 5.31. The summed E-state index contributed by atoms with van der Waals surface area (Å²) >= 11 is 0. The lowest BCUT2D eigenvalue weighted by Gasteiger charge is -2.12. The molecule has 19 heavy (non-hydrogen) atoms. The molecule has 1 aliphatic carbocycles. The highest BCUT2D eigenvalue weighted by Crippen LogP contribution is 2.17. The second-order valence-corrected chi connectivity index (χ2v) is 5.31. The summed E-state index contributed by atoms with van der Waals surface area (Å²) in [7, 11) is 0. The number of carbonyl (C=O) groups is 1. The van der Waals surface area contributed by atoms with E-state index in [0.717, 1.165) is 32.2 Å². The number of nitrogens with one attached hydrogen (secondary N) is 2. The molecular weight excluding hydrogens is 236 g/mol. The summed E-state index contributed by atoms with van der Waals surface area (Å²) in [5, 5.41) is 6.30. The number of hydrogen-bond donors (Lipinski definition) is 2. The molecule has 2 N–H and O–H groups in total. The standard InChI is InChI=1S/C16H24N2O/c19-16(18-15-10-4-5-11-15)13-17-12-6-9-14-7-2-1-3-8-14/h1-3,7-8,15,17H,4-6,9-13H2,(H,18,19). The first-order chi connectivity index (χ1) is 9.34. The lowest BCUT2D eigenvalue weighted by Crippen LogP contribution is -2.39. The maximum absolute atomic E-state index is 11.7. The normalized spacial score (nSPS) is 15.6. The molecule has 0 saturated heterocycles. The van der Waals surface area contributed by atoms with Gasteiger partial charge in [0.25, 0.3) is 0 Å². The Kier molecular flexibility index (Phi) is 5.89. The minimum absolute atomic E-state index is 0.145. The van der Waals surface area contributed by atoms with Crippen molar-refractivity contribution >= 4 is 5.91 Å². The van der Waals surface area contributed by atoms with Gasteiger partial charge in [0.2, 0.25) is 5.91 Å². The van der Waals surface area contributed by atoms with E-state index in [9.17, 15) is 4.79 Å². The van der Waals surface area contributed by atoms with Crippen molar-refractivity contribution in [3.63, 3.8) is 0 Å². The molecule has 0 heterocycles. The fourth-order valence-electron chi connectivity index (χ4n) is 2.61. The van der Waals surface area contributed by atoms with E-state index in [2.05, 4.69) is 34.9 Å². The summed E-state index contributed by atoms with van der Waals surface area (Å²) in [4.78, 5) is 11.7. The number of amides is 1. The Morgan fingerprint density at radius 1 is 1.16 bits per heavy atom. The van der Waals surface area contributed by atoms with E-state index in [-0.39, 0.29) is 5.91 Å². The highest BCUT2D eigenvalue weighted by Gasteiger charge is 2.16. The summed E-state index contributed by atoms with van der Waals surface area (Å²) in [6.07, 6.45) is 6.96. The summed E-state index contributed by atoms with van der Waals surface area (Å²) in [6, 6.07) is 10.9. The van der Waals surface area contributed by atoms with Gasteiger partial charge >= 0.3 is 0 Å². The van der Waals surface area contributed by atoms with Crippen LogP contribution in [0.2, 0.25) is 0 Å². The van der Waals surface area contributed by atoms with Crippen LogP contribution in [0.3, 0.4) is 0 Å². The van der Waals surface area contributed by atoms with Gasteiger partial charge in [0.1, 0.15) is 0 Å². The third-order valence-electron chi connectivity index (χ3n) is 3.67. The summed E-state index contributed by atoms with van der Waals surface area (Å²) < 4.78 is 0. The van der Waals surface area contributed by atoms with Crippen LogP contribution < -0.4 is 10.6 Å². The van der Waals surface area contributed by atoms with Crippen LogP contribution in [0.5, 0.6) is 0 Å². The maximum atomic E-state index is 11.7. The Balaban J connectivity index is 1.50. The van der Waals surface area contributed by atoms with Crippen LogP contribution in [-0.4, -0.2) is 25.0 Å². The lowest BCUT2D eigenvalue weighted by atomic mass is 10.1. The summed E-state index contributed by atoms with van der Waals surface area (Å²) in [5.74, 6) is 0.145. The van der Waals surface area contributed by atoms with Crippen LogP contribution >= 0.6 is 0 Å². The van der Waals surface area contributed by atoms with Crippen LogP contribution in [0, 0.1) is 0 Å². The predicted molar refractivity (Wildman–Crippen MR) is 78.0 cm³/mol. The van der Waals surface area contributed by atoms with Crippen molar-refractivity contribution in [2.45, 2.75) is 44.6 Å². The molecule has 1 aliphatic rings. The van der Waals surface area contributed by atoms with Gasteiger partial charge in [0.05, 0.1) is 6.54 Å². The van der Waals surface area contributed by atoms with Gasteiger partial charge in [-0.05, 0) is 37.8 Å². The first-order valence-corrected chi connectivity index (χ1v) is 7.38. The van der Waals surface area contributed by atoms with Gasteiger partial charge in [-0.15, -0.1) is 0 Å². The van der Waals surface area contributed by atoms with Crippen molar-refractivity contribution < 1.29 is 4.79 Å². The van der Waals surface area contributed by atoms with Crippen molar-refractivity contribution in [2.24, 2.45) is 0 Å². The SMILES string of the molecule is O=C(CNCCCc1ccccc1)NC1CCCC1. The minimum Gasteiger partial charge on any atom is -0.352 e. The van der Waals surface area contributed by atoms with Crippen LogP contribution in [-0.2, 0) is 11.2 Å². The first kappa shape index (κ1) is 14.1. The Morgan fingerprint density at radius 3 is 2.63 bits per heavy atom. The fourth-order valence-corrected chi connectivity index (χ4v) is 2.61. The van der Waals surface area contributed by atoms with Crippen molar-refractivity contribution in [2.75, 3.05) is 13.1 Å². The molecule has 0 spiro atoms. The third kappa shape index (κ3) is 5.43. The van der Waals surface area contributed by atoms with E-state index < -0.39 is 0 Å². The smallest absolute Gasteiger partial charge is 0.234 e. The van der Waals surface area contributed by atoms with Crippen molar-refractivity contribution in [1.82, 2.24) is 10.6 Å². The molecule has 1 amide bonds. The van der Waals surface area contributed by atoms with E-state index in [1.165, 1.54) is 18.4 Å². The molecule has 1 fully saturated rings. The highest BCUT2D eigenvalue weighted by atomic mass is 16.1. The molecule has 0 atom stereocenters. The maximum Gasteiger partial charge on any atom is 0.234 e. The molecule has 1 saturated carbocycles. The van der Waals surface area contributed by atoms with Gasteiger partial charge in [-0.3, -0.25) is 4.79 Å². The monoisotopic (exact) mass is 260 g/mol. The van der Waals surface area contributed by atoms with E-state index in [1.807, 2.05) is 6.07 Å². The first-order valence-electron chi connectivity index (χ1n) is 7.38. The van der Waals surface area contributed by atoms with Gasteiger partial charge in [0, 0.05) is 6.04 Å². The molecule has 0 bridgehead atoms. The molecule has 0 radical (unpaired) electrons. The Bertz CT molecular complexity index is 372. The largest absolute Gasteiger partial charge is 0.352 e. The molecule has 3 heteroatoms. The summed E-state index contributed by atoms with van der Waals surface area (Å²) in [6.45, 7) is 1.35. The second kappa shape index (κ2) is 7.95. The average Bonchev–Trinajstić information content (AvgIpc) is 2.92. The lowest BCUT2D eigenvalue weighted by molar-refractivity contribution is -0.120. The van der Waals surface area contributed by atoms with E-state index in [0.29, 0.717) is 12.6 Å². The molecule has 0 aromatic heterocycles. The predicted octanol–water partition coefficient (Wildman–Crippen LogP) is 2.27. The van der Waals surface area contributed by atoms with Crippen LogP contribution in [0.25, 0.3) is 0 Å². The third-order valence-corrected chi connectivity index (χ3v) is 3.67. The molecule has 0 aliphatic heterocycles. The van der Waals surface area contributed by atoms with Gasteiger partial charge in [-0.1, -0.05) is 43.2 Å². The Labute approximate surface area is 115 Å². The zero-order chi connectivity index (χ0) is 13.3. The zero-order valence-corrected chi connectivity index (χ0v) is 11.5. The number of aryl methyl sites for hydroxylation is 1. The number of hydrogen-bond acceptors (Lipinski definition) is 2. The molecule has 2 rings (SSSR count). The quantitative estimate of drug-likeness (QED) is 0.738. The van der Waals surface area contributed by atoms with E-state index in [1.54, 1.807) is 0 Å². The van der Waals surface area contributed by atoms with Gasteiger partial charge in [0.15, 0.2) is 0 Å². The van der Waals surface area contributed by atoms with Gasteiger partial charge in [-0.2, -0.15) is 0 Å². The highest BCUT2D eigenvalue weighted by molar-refractivity contribution is 5.78. The Hall–Kier alpha value is -1.35. The average molecular weight is 260 g/mol. The number of benzene rings is 1. The van der Waals surface area contributed by atoms with Crippen LogP contribution in [0.4, 0.5) is 0 Å². The van der Waals surface area contributed by atoms with Gasteiger partial charge < -0.3 is 10.6 Å². The molecule has 3 nitrogen and oxygen atoms in total. The van der Waals surface area contributed by atoms with Crippen molar-refractivity contribution in [1.29, 1.82) is 0 Å². The Morgan fingerprint density at radius 2 is 1.89 bits per heavy atom. The summed E-state index contributed by atoms with van der Waals surface area (Å²) in [5.41, 5.74) is 1.36. The fraction of sp³-hybridized carbons (Fsp3) is 0.562. The molecular formula is C16H24N2O. The van der Waals surface area contributed by atoms with Crippen molar-refractivity contribution in [3.05, 3.63) is 35.9 Å². The number of rotatable bonds is 7. The van der Waals surface area contributed by atoms with Crippen LogP contribution in [0.15, 0.2) is 30.3 Å². The van der Waals surface area contributed by atoms with Gasteiger partial charge in [-0.25, -0.2) is 0 Å². The van der Waals surface area contributed by atoms with Crippen LogP contribution in [0.1, 0.15) is 37.7 Å².